The third-order valence-corrected chi connectivity index (χ3v) is 2.40. The van der Waals surface area contributed by atoms with E-state index in [1.807, 2.05) is 30.0 Å². The van der Waals surface area contributed by atoms with E-state index >= 15 is 0 Å². The van der Waals surface area contributed by atoms with Gasteiger partial charge < -0.3 is 5.11 Å². The van der Waals surface area contributed by atoms with Crippen molar-refractivity contribution in [2.24, 2.45) is 0 Å². The molecule has 1 rings (SSSR count). The van der Waals surface area contributed by atoms with E-state index in [-0.39, 0.29) is 0 Å². The van der Waals surface area contributed by atoms with Crippen LogP contribution >= 0.6 is 0 Å². The molecule has 1 unspecified atom stereocenters. The lowest BCUT2D eigenvalue weighted by molar-refractivity contribution is -0.142. The molecule has 4 heteroatoms. The number of likely N-dealkylation sites (N-methyl/N-ethyl adjacent to an activating group) is 1. The lowest BCUT2D eigenvalue weighted by Gasteiger charge is -2.23. The van der Waals surface area contributed by atoms with Gasteiger partial charge in [-0.1, -0.05) is 13.0 Å². The first-order chi connectivity index (χ1) is 7.15. The third-order valence-electron chi connectivity index (χ3n) is 2.40. The zero-order chi connectivity index (χ0) is 11.3. The molecule has 0 aliphatic rings. The Bertz CT molecular complexity index is 314. The Morgan fingerprint density at radius 1 is 1.60 bits per heavy atom. The number of rotatable bonds is 5. The van der Waals surface area contributed by atoms with Gasteiger partial charge in [0.25, 0.3) is 0 Å². The lowest BCUT2D eigenvalue weighted by Crippen LogP contribution is -2.38. The topological polar surface area (TPSA) is 53.4 Å². The molecule has 0 saturated carbocycles. The van der Waals surface area contributed by atoms with Crippen molar-refractivity contribution in [3.05, 3.63) is 30.1 Å². The summed E-state index contributed by atoms with van der Waals surface area (Å²) in [6.45, 7) is 4.91. The average Bonchev–Trinajstić information content (AvgIpc) is 2.26. The molecule has 0 amide bonds. The van der Waals surface area contributed by atoms with Crippen LogP contribution in [0.1, 0.15) is 19.5 Å². The fourth-order valence-electron chi connectivity index (χ4n) is 1.38. The zero-order valence-electron chi connectivity index (χ0n) is 9.05. The quantitative estimate of drug-likeness (QED) is 0.794. The third kappa shape index (κ3) is 3.32. The van der Waals surface area contributed by atoms with Crippen LogP contribution in [0, 0.1) is 0 Å². The van der Waals surface area contributed by atoms with E-state index in [2.05, 4.69) is 4.98 Å². The molecule has 0 aromatic carbocycles. The van der Waals surface area contributed by atoms with Crippen LogP contribution in [0.3, 0.4) is 0 Å². The Morgan fingerprint density at radius 2 is 2.33 bits per heavy atom. The molecule has 1 heterocycles. The number of nitrogens with zero attached hydrogens (tertiary/aromatic N) is 2. The summed E-state index contributed by atoms with van der Waals surface area (Å²) >= 11 is 0. The molecule has 0 radical (unpaired) electrons. The zero-order valence-corrected chi connectivity index (χ0v) is 9.05. The molecule has 1 atom stereocenters. The summed E-state index contributed by atoms with van der Waals surface area (Å²) in [6, 6.07) is 5.18. The molecule has 0 fully saturated rings. The Morgan fingerprint density at radius 3 is 2.80 bits per heavy atom. The summed E-state index contributed by atoms with van der Waals surface area (Å²) in [6.07, 6.45) is 1.72. The second-order valence-electron chi connectivity index (χ2n) is 3.40. The molecule has 0 aliphatic carbocycles. The average molecular weight is 208 g/mol. The van der Waals surface area contributed by atoms with Gasteiger partial charge in [0.05, 0.1) is 5.69 Å². The minimum atomic E-state index is -0.798. The number of hydrogen-bond acceptors (Lipinski definition) is 3. The molecule has 0 spiro atoms. The highest BCUT2D eigenvalue weighted by molar-refractivity contribution is 5.72. The van der Waals surface area contributed by atoms with Gasteiger partial charge in [-0.25, -0.2) is 0 Å². The first-order valence-electron chi connectivity index (χ1n) is 5.02. The largest absolute Gasteiger partial charge is 0.480 e. The maximum atomic E-state index is 10.8. The van der Waals surface area contributed by atoms with Crippen molar-refractivity contribution >= 4 is 5.97 Å². The van der Waals surface area contributed by atoms with Crippen LogP contribution in [0.15, 0.2) is 24.4 Å². The summed E-state index contributed by atoms with van der Waals surface area (Å²) in [5.74, 6) is -0.798. The van der Waals surface area contributed by atoms with Gasteiger partial charge in [-0.3, -0.25) is 14.7 Å². The van der Waals surface area contributed by atoms with Crippen molar-refractivity contribution in [1.29, 1.82) is 0 Å². The highest BCUT2D eigenvalue weighted by atomic mass is 16.4. The smallest absolute Gasteiger partial charge is 0.320 e. The predicted molar refractivity (Wildman–Crippen MR) is 57.4 cm³/mol. The fourth-order valence-corrected chi connectivity index (χ4v) is 1.38. The minimum Gasteiger partial charge on any atom is -0.480 e. The molecule has 4 nitrogen and oxygen atoms in total. The Balaban J connectivity index is 2.66. The van der Waals surface area contributed by atoms with Gasteiger partial charge in [-0.2, -0.15) is 0 Å². The summed E-state index contributed by atoms with van der Waals surface area (Å²) < 4.78 is 0. The Labute approximate surface area is 89.6 Å². The summed E-state index contributed by atoms with van der Waals surface area (Å²) in [4.78, 5) is 16.9. The molecule has 1 N–H and O–H groups in total. The maximum Gasteiger partial charge on any atom is 0.320 e. The standard InChI is InChI=1S/C11H16N2O2/c1-3-13(9(2)11(14)15)8-10-6-4-5-7-12-10/h4-7,9H,3,8H2,1-2H3,(H,14,15). The number of aromatic nitrogens is 1. The van der Waals surface area contributed by atoms with E-state index < -0.39 is 12.0 Å². The second kappa shape index (κ2) is 5.46. The van der Waals surface area contributed by atoms with Gasteiger partial charge in [0.15, 0.2) is 0 Å². The molecular formula is C11H16N2O2. The van der Waals surface area contributed by atoms with Crippen LogP contribution in [-0.4, -0.2) is 33.5 Å². The number of hydrogen-bond donors (Lipinski definition) is 1. The van der Waals surface area contributed by atoms with E-state index in [4.69, 9.17) is 5.11 Å². The van der Waals surface area contributed by atoms with Gasteiger partial charge in [0, 0.05) is 12.7 Å². The van der Waals surface area contributed by atoms with E-state index in [1.54, 1.807) is 13.1 Å². The number of carboxylic acid groups (broad SMARTS) is 1. The van der Waals surface area contributed by atoms with E-state index in [0.29, 0.717) is 13.1 Å². The number of carbonyl (C=O) groups is 1. The van der Waals surface area contributed by atoms with Crippen LogP contribution in [0.4, 0.5) is 0 Å². The second-order valence-corrected chi connectivity index (χ2v) is 3.40. The summed E-state index contributed by atoms with van der Waals surface area (Å²) in [5.41, 5.74) is 0.896. The number of pyridine rings is 1. The normalized spacial score (nSPS) is 12.7. The van der Waals surface area contributed by atoms with E-state index in [1.165, 1.54) is 0 Å². The van der Waals surface area contributed by atoms with Crippen molar-refractivity contribution in [2.45, 2.75) is 26.4 Å². The molecule has 1 aromatic heterocycles. The molecule has 0 aliphatic heterocycles. The Hall–Kier alpha value is -1.42. The van der Waals surface area contributed by atoms with Gasteiger partial charge in [0.2, 0.25) is 0 Å². The lowest BCUT2D eigenvalue weighted by atomic mass is 10.2. The van der Waals surface area contributed by atoms with Gasteiger partial charge in [-0.15, -0.1) is 0 Å². The predicted octanol–water partition coefficient (Wildman–Crippen LogP) is 1.38. The summed E-state index contributed by atoms with van der Waals surface area (Å²) in [5, 5.41) is 8.90. The Kier molecular flexibility index (Phi) is 4.24. The highest BCUT2D eigenvalue weighted by Crippen LogP contribution is 2.05. The van der Waals surface area contributed by atoms with Crippen molar-refractivity contribution < 1.29 is 9.90 Å². The minimum absolute atomic E-state index is 0.475. The molecule has 15 heavy (non-hydrogen) atoms. The van der Waals surface area contributed by atoms with Crippen LogP contribution in [-0.2, 0) is 11.3 Å². The SMILES string of the molecule is CCN(Cc1ccccn1)C(C)C(=O)O. The molecular weight excluding hydrogens is 192 g/mol. The van der Waals surface area contributed by atoms with E-state index in [0.717, 1.165) is 5.69 Å². The van der Waals surface area contributed by atoms with Gasteiger partial charge >= 0.3 is 5.97 Å². The number of carboxylic acids is 1. The molecule has 0 bridgehead atoms. The van der Waals surface area contributed by atoms with Crippen molar-refractivity contribution in [2.75, 3.05) is 6.54 Å². The number of aliphatic carboxylic acids is 1. The highest BCUT2D eigenvalue weighted by Gasteiger charge is 2.19. The van der Waals surface area contributed by atoms with Crippen molar-refractivity contribution in [3.8, 4) is 0 Å². The van der Waals surface area contributed by atoms with Crippen LogP contribution < -0.4 is 0 Å². The van der Waals surface area contributed by atoms with Crippen molar-refractivity contribution in [3.63, 3.8) is 0 Å². The van der Waals surface area contributed by atoms with Crippen LogP contribution in [0.25, 0.3) is 0 Å². The molecule has 1 aromatic rings. The first kappa shape index (κ1) is 11.7. The van der Waals surface area contributed by atoms with E-state index in [9.17, 15) is 4.79 Å². The maximum absolute atomic E-state index is 10.8. The monoisotopic (exact) mass is 208 g/mol. The van der Waals surface area contributed by atoms with Crippen LogP contribution in [0.2, 0.25) is 0 Å². The van der Waals surface area contributed by atoms with Crippen molar-refractivity contribution in [1.82, 2.24) is 9.88 Å². The molecule has 0 saturated heterocycles. The first-order valence-corrected chi connectivity index (χ1v) is 5.02. The summed E-state index contributed by atoms with van der Waals surface area (Å²) in [7, 11) is 0. The van der Waals surface area contributed by atoms with Gasteiger partial charge in [0.1, 0.15) is 6.04 Å². The molecule has 82 valence electrons. The van der Waals surface area contributed by atoms with Crippen LogP contribution in [0.5, 0.6) is 0 Å². The van der Waals surface area contributed by atoms with Gasteiger partial charge in [-0.05, 0) is 25.6 Å². The fraction of sp³-hybridized carbons (Fsp3) is 0.455.